The molecule has 0 atom stereocenters. The summed E-state index contributed by atoms with van der Waals surface area (Å²) in [6.45, 7) is -1.33. The van der Waals surface area contributed by atoms with Gasteiger partial charge in [-0.3, -0.25) is 4.79 Å². The van der Waals surface area contributed by atoms with Gasteiger partial charge in [0.25, 0.3) is 5.91 Å². The number of hydrogen-bond acceptors (Lipinski definition) is 2. The van der Waals surface area contributed by atoms with Gasteiger partial charge in [-0.1, -0.05) is 22.0 Å². The third kappa shape index (κ3) is 4.86. The van der Waals surface area contributed by atoms with Crippen LogP contribution in [0.5, 0.6) is 0 Å². The lowest BCUT2D eigenvalue weighted by Gasteiger charge is -2.23. The maximum Gasteiger partial charge on any atom is 0.406 e. The van der Waals surface area contributed by atoms with E-state index in [9.17, 15) is 18.0 Å². The number of halogens is 4. The fraction of sp³-hybridized carbons (Fsp3) is 0.214. The Morgan fingerprint density at radius 3 is 2.62 bits per heavy atom. The number of rotatable bonds is 4. The lowest BCUT2D eigenvalue weighted by atomic mass is 10.2. The van der Waals surface area contributed by atoms with E-state index in [-0.39, 0.29) is 12.1 Å². The normalized spacial score (nSPS) is 11.4. The van der Waals surface area contributed by atoms with Gasteiger partial charge >= 0.3 is 6.18 Å². The number of benzene rings is 1. The highest BCUT2D eigenvalue weighted by Gasteiger charge is 2.33. The Balaban J connectivity index is 2.23. The Kier molecular flexibility index (Phi) is 5.05. The molecule has 0 N–H and O–H groups in total. The SMILES string of the molecule is O=C(c1cccc(Br)c1)N(Cc1ccsc1)CC(F)(F)F. The summed E-state index contributed by atoms with van der Waals surface area (Å²) in [5, 5.41) is 3.50. The molecule has 112 valence electrons. The number of thiophene rings is 1. The third-order valence-corrected chi connectivity index (χ3v) is 3.91. The quantitative estimate of drug-likeness (QED) is 0.754. The summed E-state index contributed by atoms with van der Waals surface area (Å²) >= 11 is 4.59. The molecule has 0 bridgehead atoms. The van der Waals surface area contributed by atoms with Crippen molar-refractivity contribution in [2.24, 2.45) is 0 Å². The first kappa shape index (κ1) is 16.0. The molecule has 2 rings (SSSR count). The largest absolute Gasteiger partial charge is 0.406 e. The molecule has 0 fully saturated rings. The Hall–Kier alpha value is -1.34. The number of hydrogen-bond donors (Lipinski definition) is 0. The first-order valence-electron chi connectivity index (χ1n) is 5.98. The maximum atomic E-state index is 12.7. The van der Waals surface area contributed by atoms with E-state index in [4.69, 9.17) is 0 Å². The van der Waals surface area contributed by atoms with Crippen LogP contribution in [0.3, 0.4) is 0 Å². The molecule has 1 heterocycles. The van der Waals surface area contributed by atoms with Crippen LogP contribution >= 0.6 is 27.3 Å². The average molecular weight is 378 g/mol. The number of carbonyl (C=O) groups excluding carboxylic acids is 1. The van der Waals surface area contributed by atoms with Crippen molar-refractivity contribution in [2.45, 2.75) is 12.7 Å². The van der Waals surface area contributed by atoms with Gasteiger partial charge in [-0.2, -0.15) is 24.5 Å². The Morgan fingerprint density at radius 1 is 1.29 bits per heavy atom. The van der Waals surface area contributed by atoms with Gasteiger partial charge in [-0.05, 0) is 40.6 Å². The molecule has 0 aliphatic rings. The fourth-order valence-corrected chi connectivity index (χ4v) is 2.88. The van der Waals surface area contributed by atoms with Gasteiger partial charge in [0.05, 0.1) is 0 Å². The number of amides is 1. The molecule has 0 saturated carbocycles. The van der Waals surface area contributed by atoms with Crippen molar-refractivity contribution in [2.75, 3.05) is 6.54 Å². The van der Waals surface area contributed by atoms with Crippen LogP contribution in [0, 0.1) is 0 Å². The summed E-state index contributed by atoms with van der Waals surface area (Å²) in [6, 6.07) is 8.06. The molecule has 2 aromatic rings. The van der Waals surface area contributed by atoms with Crippen molar-refractivity contribution in [1.82, 2.24) is 4.90 Å². The van der Waals surface area contributed by atoms with Crippen molar-refractivity contribution in [3.05, 3.63) is 56.7 Å². The van der Waals surface area contributed by atoms with Gasteiger partial charge in [0.1, 0.15) is 6.54 Å². The summed E-state index contributed by atoms with van der Waals surface area (Å²) in [6.07, 6.45) is -4.43. The Labute approximate surface area is 132 Å². The van der Waals surface area contributed by atoms with E-state index in [2.05, 4.69) is 15.9 Å². The van der Waals surface area contributed by atoms with Crippen LogP contribution < -0.4 is 0 Å². The summed E-state index contributed by atoms with van der Waals surface area (Å²) < 4.78 is 38.7. The van der Waals surface area contributed by atoms with Crippen LogP contribution in [0.4, 0.5) is 13.2 Å². The summed E-state index contributed by atoms with van der Waals surface area (Å²) in [5.74, 6) is -0.639. The van der Waals surface area contributed by atoms with Crippen molar-refractivity contribution < 1.29 is 18.0 Å². The maximum absolute atomic E-state index is 12.7. The number of carbonyl (C=O) groups is 1. The highest BCUT2D eigenvalue weighted by Crippen LogP contribution is 2.22. The third-order valence-electron chi connectivity index (χ3n) is 2.68. The molecule has 21 heavy (non-hydrogen) atoms. The molecule has 1 amide bonds. The van der Waals surface area contributed by atoms with Crippen LogP contribution in [0.15, 0.2) is 45.6 Å². The van der Waals surface area contributed by atoms with Crippen LogP contribution in [-0.4, -0.2) is 23.5 Å². The minimum Gasteiger partial charge on any atom is -0.325 e. The molecular formula is C14H11BrF3NOS. The van der Waals surface area contributed by atoms with Crippen molar-refractivity contribution in [1.29, 1.82) is 0 Å². The van der Waals surface area contributed by atoms with Crippen molar-refractivity contribution in [3.63, 3.8) is 0 Å². The molecule has 0 aliphatic carbocycles. The average Bonchev–Trinajstić information content (AvgIpc) is 2.88. The molecule has 2 nitrogen and oxygen atoms in total. The lowest BCUT2D eigenvalue weighted by Crippen LogP contribution is -2.38. The molecule has 7 heteroatoms. The van der Waals surface area contributed by atoms with E-state index in [0.29, 0.717) is 10.0 Å². The molecule has 1 aromatic carbocycles. The first-order valence-corrected chi connectivity index (χ1v) is 7.71. The molecular weight excluding hydrogens is 367 g/mol. The Morgan fingerprint density at radius 2 is 2.05 bits per heavy atom. The van der Waals surface area contributed by atoms with Crippen molar-refractivity contribution >= 4 is 33.2 Å². The predicted molar refractivity (Wildman–Crippen MR) is 79.3 cm³/mol. The molecule has 0 unspecified atom stereocenters. The second kappa shape index (κ2) is 6.62. The monoisotopic (exact) mass is 377 g/mol. The second-order valence-corrected chi connectivity index (χ2v) is 6.11. The number of nitrogens with zero attached hydrogens (tertiary/aromatic N) is 1. The topological polar surface area (TPSA) is 20.3 Å². The van der Waals surface area contributed by atoms with Gasteiger partial charge in [0.15, 0.2) is 0 Å². The highest BCUT2D eigenvalue weighted by molar-refractivity contribution is 9.10. The smallest absolute Gasteiger partial charge is 0.325 e. The molecule has 1 aromatic heterocycles. The lowest BCUT2D eigenvalue weighted by molar-refractivity contribution is -0.141. The fourth-order valence-electron chi connectivity index (χ4n) is 1.82. The van der Waals surface area contributed by atoms with Crippen LogP contribution in [0.2, 0.25) is 0 Å². The molecule has 0 aliphatic heterocycles. The van der Waals surface area contributed by atoms with Crippen LogP contribution in [0.1, 0.15) is 15.9 Å². The summed E-state index contributed by atoms with van der Waals surface area (Å²) in [7, 11) is 0. The van der Waals surface area contributed by atoms with E-state index in [1.54, 1.807) is 29.0 Å². The van der Waals surface area contributed by atoms with Gasteiger partial charge in [-0.25, -0.2) is 0 Å². The van der Waals surface area contributed by atoms with Gasteiger partial charge in [0, 0.05) is 16.6 Å². The summed E-state index contributed by atoms with van der Waals surface area (Å²) in [5.41, 5.74) is 0.913. The van der Waals surface area contributed by atoms with E-state index in [0.717, 1.165) is 4.90 Å². The molecule has 0 saturated heterocycles. The molecule has 0 spiro atoms. The standard InChI is InChI=1S/C14H11BrF3NOS/c15-12-3-1-2-11(6-12)13(20)19(9-14(16,17)18)7-10-4-5-21-8-10/h1-6,8H,7,9H2. The summed E-state index contributed by atoms with van der Waals surface area (Å²) in [4.78, 5) is 13.1. The van der Waals surface area contributed by atoms with Gasteiger partial charge in [0.2, 0.25) is 0 Å². The van der Waals surface area contributed by atoms with E-state index in [1.165, 1.54) is 23.5 Å². The van der Waals surface area contributed by atoms with Crippen LogP contribution in [-0.2, 0) is 6.54 Å². The van der Waals surface area contributed by atoms with E-state index in [1.807, 2.05) is 0 Å². The minimum absolute atomic E-state index is 0.0612. The second-order valence-electron chi connectivity index (χ2n) is 4.42. The first-order chi connectivity index (χ1) is 9.85. The number of alkyl halides is 3. The minimum atomic E-state index is -4.43. The van der Waals surface area contributed by atoms with Crippen LogP contribution in [0.25, 0.3) is 0 Å². The van der Waals surface area contributed by atoms with E-state index < -0.39 is 18.6 Å². The zero-order valence-electron chi connectivity index (χ0n) is 10.7. The zero-order valence-corrected chi connectivity index (χ0v) is 13.1. The van der Waals surface area contributed by atoms with E-state index >= 15 is 0 Å². The highest BCUT2D eigenvalue weighted by atomic mass is 79.9. The zero-order chi connectivity index (χ0) is 15.5. The van der Waals surface area contributed by atoms with Crippen molar-refractivity contribution in [3.8, 4) is 0 Å². The molecule has 0 radical (unpaired) electrons. The van der Waals surface area contributed by atoms with Gasteiger partial charge in [-0.15, -0.1) is 0 Å². The predicted octanol–water partition coefficient (Wildman–Crippen LogP) is 4.72. The van der Waals surface area contributed by atoms with Gasteiger partial charge < -0.3 is 4.90 Å². The Bertz CT molecular complexity index is 613.